The summed E-state index contributed by atoms with van der Waals surface area (Å²) in [5.74, 6) is 1.67. The summed E-state index contributed by atoms with van der Waals surface area (Å²) in [6, 6.07) is 1.88. The molecule has 2 N–H and O–H groups in total. The van der Waals surface area contributed by atoms with Crippen molar-refractivity contribution in [3.8, 4) is 0 Å². The van der Waals surface area contributed by atoms with E-state index in [1.165, 1.54) is 25.7 Å². The number of hydrogen-bond acceptors (Lipinski definition) is 3. The highest BCUT2D eigenvalue weighted by Gasteiger charge is 2.18. The summed E-state index contributed by atoms with van der Waals surface area (Å²) < 4.78 is 1.77. The van der Waals surface area contributed by atoms with Gasteiger partial charge in [-0.05, 0) is 37.3 Å². The third-order valence-corrected chi connectivity index (χ3v) is 3.81. The van der Waals surface area contributed by atoms with E-state index in [4.69, 9.17) is 0 Å². The van der Waals surface area contributed by atoms with Crippen LogP contribution in [0.25, 0.3) is 0 Å². The summed E-state index contributed by atoms with van der Waals surface area (Å²) in [6.45, 7) is 4.62. The van der Waals surface area contributed by atoms with Crippen LogP contribution in [0.5, 0.6) is 0 Å². The van der Waals surface area contributed by atoms with Gasteiger partial charge in [0.1, 0.15) is 0 Å². The Balaban J connectivity index is 1.59. The van der Waals surface area contributed by atoms with Crippen molar-refractivity contribution in [2.45, 2.75) is 45.3 Å². The minimum Gasteiger partial charge on any atom is -0.390 e. The van der Waals surface area contributed by atoms with E-state index in [1.54, 1.807) is 10.9 Å². The summed E-state index contributed by atoms with van der Waals surface area (Å²) in [6.07, 6.45) is 8.69. The molecule has 0 aromatic carbocycles. The highest BCUT2D eigenvalue weighted by Crippen LogP contribution is 2.27. The van der Waals surface area contributed by atoms with Crippen LogP contribution in [0.3, 0.4) is 0 Å². The van der Waals surface area contributed by atoms with Crippen LogP contribution in [0.1, 0.15) is 32.6 Å². The third kappa shape index (κ3) is 4.42. The van der Waals surface area contributed by atoms with E-state index < -0.39 is 0 Å². The van der Waals surface area contributed by atoms with Gasteiger partial charge in [0.2, 0.25) is 0 Å². The number of nitrogens with zero attached hydrogens (tertiary/aromatic N) is 2. The van der Waals surface area contributed by atoms with Gasteiger partial charge in [-0.2, -0.15) is 5.10 Å². The first-order valence-electron chi connectivity index (χ1n) is 7.10. The maximum Gasteiger partial charge on any atom is 0.0860 e. The monoisotopic (exact) mass is 251 g/mol. The van der Waals surface area contributed by atoms with Gasteiger partial charge in [-0.3, -0.25) is 4.68 Å². The fraction of sp³-hybridized carbons (Fsp3) is 0.786. The molecule has 3 atom stereocenters. The number of aliphatic hydroxyl groups excluding tert-OH is 1. The molecule has 1 heterocycles. The van der Waals surface area contributed by atoms with E-state index >= 15 is 0 Å². The van der Waals surface area contributed by atoms with Crippen molar-refractivity contribution in [2.24, 2.45) is 11.8 Å². The average molecular weight is 251 g/mol. The van der Waals surface area contributed by atoms with Crippen LogP contribution in [0.4, 0.5) is 0 Å². The van der Waals surface area contributed by atoms with E-state index in [9.17, 15) is 5.11 Å². The number of aliphatic hydroxyl groups is 1. The largest absolute Gasteiger partial charge is 0.390 e. The van der Waals surface area contributed by atoms with Crippen LogP contribution >= 0.6 is 0 Å². The minimum absolute atomic E-state index is 0.356. The lowest BCUT2D eigenvalue weighted by molar-refractivity contribution is 0.143. The molecule has 1 aliphatic rings. The molecule has 1 saturated carbocycles. The summed E-state index contributed by atoms with van der Waals surface area (Å²) in [7, 11) is 0. The van der Waals surface area contributed by atoms with Crippen molar-refractivity contribution in [2.75, 3.05) is 13.1 Å². The SMILES string of the molecule is CC1CCCC(CNCC(O)Cn2cccn2)C1. The normalized spacial score (nSPS) is 26.1. The molecule has 18 heavy (non-hydrogen) atoms. The second-order valence-corrected chi connectivity index (χ2v) is 5.68. The smallest absolute Gasteiger partial charge is 0.0860 e. The molecule has 1 aromatic heterocycles. The lowest BCUT2D eigenvalue weighted by Crippen LogP contribution is -2.34. The fourth-order valence-corrected chi connectivity index (χ4v) is 2.89. The summed E-state index contributed by atoms with van der Waals surface area (Å²) in [5.41, 5.74) is 0. The van der Waals surface area contributed by atoms with Crippen LogP contribution in [0, 0.1) is 11.8 Å². The predicted octanol–water partition coefficient (Wildman–Crippen LogP) is 1.66. The Morgan fingerprint density at radius 2 is 2.39 bits per heavy atom. The van der Waals surface area contributed by atoms with Gasteiger partial charge in [-0.1, -0.05) is 19.8 Å². The Bertz CT molecular complexity index is 326. The number of rotatable bonds is 6. The highest BCUT2D eigenvalue weighted by molar-refractivity contribution is 4.79. The molecule has 1 aliphatic carbocycles. The molecule has 0 bridgehead atoms. The van der Waals surface area contributed by atoms with E-state index in [2.05, 4.69) is 17.3 Å². The molecule has 1 aromatic rings. The van der Waals surface area contributed by atoms with Crippen molar-refractivity contribution < 1.29 is 5.11 Å². The van der Waals surface area contributed by atoms with Crippen molar-refractivity contribution in [1.82, 2.24) is 15.1 Å². The molecule has 1 fully saturated rings. The molecule has 0 spiro atoms. The van der Waals surface area contributed by atoms with Crippen LogP contribution in [0.2, 0.25) is 0 Å². The quantitative estimate of drug-likeness (QED) is 0.808. The molecule has 2 rings (SSSR count). The predicted molar refractivity (Wildman–Crippen MR) is 72.2 cm³/mol. The summed E-state index contributed by atoms with van der Waals surface area (Å²) in [4.78, 5) is 0. The van der Waals surface area contributed by atoms with Crippen molar-refractivity contribution in [3.63, 3.8) is 0 Å². The first kappa shape index (κ1) is 13.6. The lowest BCUT2D eigenvalue weighted by atomic mass is 9.82. The van der Waals surface area contributed by atoms with Crippen LogP contribution < -0.4 is 5.32 Å². The van der Waals surface area contributed by atoms with Gasteiger partial charge in [0, 0.05) is 18.9 Å². The zero-order chi connectivity index (χ0) is 12.8. The molecule has 0 aliphatic heterocycles. The third-order valence-electron chi connectivity index (χ3n) is 3.81. The van der Waals surface area contributed by atoms with E-state index in [0.29, 0.717) is 13.1 Å². The fourth-order valence-electron chi connectivity index (χ4n) is 2.89. The van der Waals surface area contributed by atoms with Gasteiger partial charge >= 0.3 is 0 Å². The number of hydrogen-bond donors (Lipinski definition) is 2. The van der Waals surface area contributed by atoms with E-state index in [-0.39, 0.29) is 6.10 Å². The summed E-state index contributed by atoms with van der Waals surface area (Å²) >= 11 is 0. The molecule has 0 saturated heterocycles. The molecule has 102 valence electrons. The van der Waals surface area contributed by atoms with E-state index in [1.807, 2.05) is 12.3 Å². The van der Waals surface area contributed by atoms with Crippen LogP contribution in [-0.4, -0.2) is 34.1 Å². The first-order chi connectivity index (χ1) is 8.74. The average Bonchev–Trinajstić information content (AvgIpc) is 2.82. The molecule has 4 heteroatoms. The molecular formula is C14H25N3O. The van der Waals surface area contributed by atoms with Crippen LogP contribution in [0.15, 0.2) is 18.5 Å². The van der Waals surface area contributed by atoms with Gasteiger partial charge in [0.25, 0.3) is 0 Å². The van der Waals surface area contributed by atoms with Crippen LogP contribution in [-0.2, 0) is 6.54 Å². The topological polar surface area (TPSA) is 50.1 Å². The Kier molecular flexibility index (Phi) is 5.20. The zero-order valence-corrected chi connectivity index (χ0v) is 11.3. The second kappa shape index (κ2) is 6.90. The van der Waals surface area contributed by atoms with Gasteiger partial charge < -0.3 is 10.4 Å². The first-order valence-corrected chi connectivity index (χ1v) is 7.10. The van der Waals surface area contributed by atoms with Crippen molar-refractivity contribution in [1.29, 1.82) is 0 Å². The van der Waals surface area contributed by atoms with Gasteiger partial charge in [0.15, 0.2) is 0 Å². The lowest BCUT2D eigenvalue weighted by Gasteiger charge is -2.27. The molecule has 3 unspecified atom stereocenters. The minimum atomic E-state index is -0.356. The molecular weight excluding hydrogens is 226 g/mol. The molecule has 0 amide bonds. The van der Waals surface area contributed by atoms with Gasteiger partial charge in [-0.15, -0.1) is 0 Å². The van der Waals surface area contributed by atoms with Gasteiger partial charge in [-0.25, -0.2) is 0 Å². The zero-order valence-electron chi connectivity index (χ0n) is 11.3. The maximum absolute atomic E-state index is 9.88. The Labute approximate surface area is 109 Å². The Morgan fingerprint density at radius 3 is 3.11 bits per heavy atom. The number of nitrogens with one attached hydrogen (secondary N) is 1. The van der Waals surface area contributed by atoms with Gasteiger partial charge in [0.05, 0.1) is 12.6 Å². The Hall–Kier alpha value is -0.870. The Morgan fingerprint density at radius 1 is 1.50 bits per heavy atom. The van der Waals surface area contributed by atoms with Crippen molar-refractivity contribution in [3.05, 3.63) is 18.5 Å². The van der Waals surface area contributed by atoms with E-state index in [0.717, 1.165) is 18.4 Å². The number of aromatic nitrogens is 2. The summed E-state index contributed by atoms with van der Waals surface area (Å²) in [5, 5.41) is 17.4. The standard InChI is InChI=1S/C14H25N3O/c1-12-4-2-5-13(8-12)9-15-10-14(18)11-17-7-3-6-16-17/h3,6-7,12-15,18H,2,4-5,8-11H2,1H3. The van der Waals surface area contributed by atoms with Crippen molar-refractivity contribution >= 4 is 0 Å². The molecule has 4 nitrogen and oxygen atoms in total. The maximum atomic E-state index is 9.88. The second-order valence-electron chi connectivity index (χ2n) is 5.68. The molecule has 0 radical (unpaired) electrons. The highest BCUT2D eigenvalue weighted by atomic mass is 16.3.